The van der Waals surface area contributed by atoms with E-state index in [0.717, 1.165) is 29.9 Å². The fourth-order valence-corrected chi connectivity index (χ4v) is 5.99. The molecule has 0 unspecified atom stereocenters. The third-order valence-electron chi connectivity index (χ3n) is 7.56. The number of ether oxygens (including phenoxy) is 1. The van der Waals surface area contributed by atoms with Gasteiger partial charge in [-0.2, -0.15) is 0 Å². The van der Waals surface area contributed by atoms with E-state index in [1.165, 1.54) is 11.8 Å². The van der Waals surface area contributed by atoms with Gasteiger partial charge in [0.1, 0.15) is 18.2 Å². The van der Waals surface area contributed by atoms with Gasteiger partial charge in [-0.25, -0.2) is 9.78 Å². The van der Waals surface area contributed by atoms with Gasteiger partial charge in [0.15, 0.2) is 0 Å². The number of aromatic nitrogens is 1. The Morgan fingerprint density at radius 2 is 1.77 bits per heavy atom. The first-order valence-corrected chi connectivity index (χ1v) is 13.3. The molecular formula is C26H30N4O4S. The predicted molar refractivity (Wildman–Crippen MR) is 132 cm³/mol. The quantitative estimate of drug-likeness (QED) is 0.592. The summed E-state index contributed by atoms with van der Waals surface area (Å²) in [5.74, 6) is -0.0112. The molecule has 3 fully saturated rings. The average Bonchev–Trinajstić information content (AvgIpc) is 3.48. The molecule has 1 atom stereocenters. The summed E-state index contributed by atoms with van der Waals surface area (Å²) in [5.41, 5.74) is 1.66. The Balaban J connectivity index is 1.18. The summed E-state index contributed by atoms with van der Waals surface area (Å²) in [4.78, 5) is 48.3. The first kappa shape index (κ1) is 23.7. The van der Waals surface area contributed by atoms with Gasteiger partial charge in [0.05, 0.1) is 11.6 Å². The molecule has 3 aliphatic heterocycles. The molecule has 1 aromatic carbocycles. The number of cyclic esters (lactones) is 1. The van der Waals surface area contributed by atoms with Crippen molar-refractivity contribution in [2.75, 3.05) is 45.6 Å². The molecule has 184 valence electrons. The van der Waals surface area contributed by atoms with E-state index >= 15 is 0 Å². The summed E-state index contributed by atoms with van der Waals surface area (Å²) in [6.45, 7) is 3.01. The number of pyridine rings is 1. The molecule has 2 aromatic rings. The Hall–Kier alpha value is -3.07. The highest BCUT2D eigenvalue weighted by Gasteiger charge is 2.44. The lowest BCUT2D eigenvalue weighted by Gasteiger charge is -2.39. The molecule has 8 nitrogen and oxygen atoms in total. The van der Waals surface area contributed by atoms with E-state index in [1.54, 1.807) is 17.2 Å². The minimum Gasteiger partial charge on any atom is -0.447 e. The van der Waals surface area contributed by atoms with Gasteiger partial charge in [-0.1, -0.05) is 30.3 Å². The molecule has 3 saturated heterocycles. The first-order valence-electron chi connectivity index (χ1n) is 12.0. The van der Waals surface area contributed by atoms with E-state index < -0.39 is 6.09 Å². The summed E-state index contributed by atoms with van der Waals surface area (Å²) in [6, 6.07) is 13.1. The van der Waals surface area contributed by atoms with Crippen molar-refractivity contribution >= 4 is 29.7 Å². The summed E-state index contributed by atoms with van der Waals surface area (Å²) in [7, 11) is 0. The second-order valence-electron chi connectivity index (χ2n) is 9.55. The number of hydrogen-bond acceptors (Lipinski definition) is 6. The van der Waals surface area contributed by atoms with Crippen LogP contribution in [-0.2, 0) is 9.53 Å². The molecule has 5 rings (SSSR count). The van der Waals surface area contributed by atoms with Crippen LogP contribution in [0.25, 0.3) is 0 Å². The van der Waals surface area contributed by atoms with Gasteiger partial charge < -0.3 is 14.5 Å². The SMILES string of the molecule is CSc1ncccc1C(=O)N1CCC2(CCN(C(=O)CN3C(=O)OC[C@@H]3c3ccccc3)C2)CC1. The van der Waals surface area contributed by atoms with Gasteiger partial charge in [0, 0.05) is 32.4 Å². The number of thioether (sulfide) groups is 1. The molecule has 35 heavy (non-hydrogen) atoms. The molecule has 3 aliphatic rings. The van der Waals surface area contributed by atoms with Gasteiger partial charge in [0.2, 0.25) is 5.91 Å². The topological polar surface area (TPSA) is 83.1 Å². The summed E-state index contributed by atoms with van der Waals surface area (Å²) in [5, 5.41) is 0.754. The largest absolute Gasteiger partial charge is 0.447 e. The van der Waals surface area contributed by atoms with Crippen LogP contribution in [0.3, 0.4) is 0 Å². The molecule has 9 heteroatoms. The number of amides is 3. The van der Waals surface area contributed by atoms with Crippen LogP contribution in [-0.4, -0.2) is 83.2 Å². The van der Waals surface area contributed by atoms with Gasteiger partial charge in [-0.15, -0.1) is 11.8 Å². The zero-order valence-corrected chi connectivity index (χ0v) is 20.7. The second-order valence-corrected chi connectivity index (χ2v) is 10.3. The van der Waals surface area contributed by atoms with Crippen LogP contribution in [0.1, 0.15) is 41.2 Å². The third-order valence-corrected chi connectivity index (χ3v) is 8.27. The molecule has 0 saturated carbocycles. The maximum absolute atomic E-state index is 13.2. The zero-order chi connectivity index (χ0) is 24.4. The smallest absolute Gasteiger partial charge is 0.410 e. The lowest BCUT2D eigenvalue weighted by Crippen LogP contribution is -2.46. The molecule has 1 spiro atoms. The van der Waals surface area contributed by atoms with Gasteiger partial charge in [-0.05, 0) is 48.6 Å². The zero-order valence-electron chi connectivity index (χ0n) is 19.9. The molecule has 0 aliphatic carbocycles. The molecule has 0 radical (unpaired) electrons. The summed E-state index contributed by atoms with van der Waals surface area (Å²) >= 11 is 1.48. The summed E-state index contributed by atoms with van der Waals surface area (Å²) < 4.78 is 5.27. The molecule has 4 heterocycles. The second kappa shape index (κ2) is 9.89. The van der Waals surface area contributed by atoms with E-state index in [1.807, 2.05) is 52.5 Å². The van der Waals surface area contributed by atoms with Crippen LogP contribution >= 0.6 is 11.8 Å². The number of hydrogen-bond donors (Lipinski definition) is 0. The van der Waals surface area contributed by atoms with Gasteiger partial charge >= 0.3 is 6.09 Å². The van der Waals surface area contributed by atoms with E-state index in [9.17, 15) is 14.4 Å². The molecule has 0 N–H and O–H groups in total. The predicted octanol–water partition coefficient (Wildman–Crippen LogP) is 3.45. The number of carbonyl (C=O) groups is 3. The lowest BCUT2D eigenvalue weighted by molar-refractivity contribution is -0.131. The van der Waals surface area contributed by atoms with Crippen LogP contribution in [0, 0.1) is 5.41 Å². The Morgan fingerprint density at radius 3 is 2.49 bits per heavy atom. The number of nitrogens with zero attached hydrogens (tertiary/aromatic N) is 4. The minimum absolute atomic E-state index is 0.0254. The van der Waals surface area contributed by atoms with Crippen molar-refractivity contribution in [3.8, 4) is 0 Å². The van der Waals surface area contributed by atoms with Crippen LogP contribution in [0.2, 0.25) is 0 Å². The Labute approximate surface area is 209 Å². The maximum Gasteiger partial charge on any atom is 0.410 e. The van der Waals surface area contributed by atoms with Crippen molar-refractivity contribution in [1.29, 1.82) is 0 Å². The highest BCUT2D eigenvalue weighted by atomic mass is 32.2. The standard InChI is InChI=1S/C26H30N4O4S/c1-35-23-20(8-5-12-27-23)24(32)28-13-9-26(10-14-28)11-15-29(18-26)22(31)16-30-21(17-34-25(30)33)19-6-3-2-4-7-19/h2-8,12,21H,9-11,13-18H2,1H3/t21-/m1/s1. The van der Waals surface area contributed by atoms with Gasteiger partial charge in [0.25, 0.3) is 5.91 Å². The monoisotopic (exact) mass is 494 g/mol. The Bertz CT molecular complexity index is 1100. The first-order chi connectivity index (χ1) is 17.0. The average molecular weight is 495 g/mol. The van der Waals surface area contributed by atoms with Crippen molar-refractivity contribution in [2.24, 2.45) is 5.41 Å². The van der Waals surface area contributed by atoms with E-state index in [0.29, 0.717) is 31.7 Å². The molecule has 1 aromatic heterocycles. The van der Waals surface area contributed by atoms with Crippen LogP contribution in [0.4, 0.5) is 4.79 Å². The van der Waals surface area contributed by atoms with Crippen molar-refractivity contribution < 1.29 is 19.1 Å². The summed E-state index contributed by atoms with van der Waals surface area (Å²) in [6.07, 6.45) is 5.87. The lowest BCUT2D eigenvalue weighted by atomic mass is 9.77. The van der Waals surface area contributed by atoms with E-state index in [-0.39, 0.29) is 36.4 Å². The van der Waals surface area contributed by atoms with E-state index in [2.05, 4.69) is 4.98 Å². The van der Waals surface area contributed by atoms with Gasteiger partial charge in [-0.3, -0.25) is 14.5 Å². The highest BCUT2D eigenvalue weighted by Crippen LogP contribution is 2.41. The molecule has 0 bridgehead atoms. The fraction of sp³-hybridized carbons (Fsp3) is 0.462. The Morgan fingerprint density at radius 1 is 1.06 bits per heavy atom. The maximum atomic E-state index is 13.2. The van der Waals surface area contributed by atoms with Crippen molar-refractivity contribution in [1.82, 2.24) is 19.7 Å². The number of likely N-dealkylation sites (tertiary alicyclic amines) is 2. The normalized spacial score (nSPS) is 21.5. The fourth-order valence-electron chi connectivity index (χ4n) is 5.45. The van der Waals surface area contributed by atoms with Crippen LogP contribution in [0.5, 0.6) is 0 Å². The van der Waals surface area contributed by atoms with Crippen molar-refractivity contribution in [3.05, 3.63) is 59.8 Å². The molecule has 3 amide bonds. The molecular weight excluding hydrogens is 464 g/mol. The Kier molecular flexibility index (Phi) is 6.69. The number of rotatable bonds is 5. The highest BCUT2D eigenvalue weighted by molar-refractivity contribution is 7.98. The number of benzene rings is 1. The minimum atomic E-state index is -0.437. The third kappa shape index (κ3) is 4.74. The number of carbonyl (C=O) groups excluding carboxylic acids is 3. The van der Waals surface area contributed by atoms with Crippen molar-refractivity contribution in [2.45, 2.75) is 30.3 Å². The van der Waals surface area contributed by atoms with Crippen molar-refractivity contribution in [3.63, 3.8) is 0 Å². The van der Waals surface area contributed by atoms with Crippen LogP contribution < -0.4 is 0 Å². The van der Waals surface area contributed by atoms with E-state index in [4.69, 9.17) is 4.74 Å². The van der Waals surface area contributed by atoms with Crippen LogP contribution in [0.15, 0.2) is 53.7 Å². The number of piperidine rings is 1.